The van der Waals surface area contributed by atoms with Gasteiger partial charge in [-0.05, 0) is 219 Å². The first-order chi connectivity index (χ1) is 35.6. The second-order valence-electron chi connectivity index (χ2n) is 27.5. The summed E-state index contributed by atoms with van der Waals surface area (Å²) in [5.74, 6) is 2.83. The minimum absolute atomic E-state index is 0. The molecule has 5 unspecified atom stereocenters. The molecule has 0 aromatic heterocycles. The van der Waals surface area contributed by atoms with Gasteiger partial charge in [0.25, 0.3) is 0 Å². The van der Waals surface area contributed by atoms with Crippen molar-refractivity contribution >= 4 is 35.8 Å². The molecule has 0 N–H and O–H groups in total. The maximum atomic E-state index is 12.8. The van der Waals surface area contributed by atoms with Crippen LogP contribution in [-0.2, 0) is 61.9 Å². The zero-order valence-electron chi connectivity index (χ0n) is 50.3. The van der Waals surface area contributed by atoms with Crippen LogP contribution in [0.2, 0.25) is 0 Å². The molecule has 10 rings (SSSR count). The molecule has 8 bridgehead atoms. The van der Waals surface area contributed by atoms with Gasteiger partial charge < -0.3 is 33.2 Å². The van der Waals surface area contributed by atoms with Crippen LogP contribution in [0.4, 0.5) is 0 Å². The Kier molecular flexibility index (Phi) is 38.4. The number of carbonyl (C=O) groups is 6. The maximum absolute atomic E-state index is 12.8. The number of hydrogen-bond acceptors (Lipinski definition) is 13. The van der Waals surface area contributed by atoms with E-state index in [4.69, 9.17) is 33.2 Å². The lowest BCUT2D eigenvalue weighted by Crippen LogP contribution is -2.63. The zero-order chi connectivity index (χ0) is 56.4. The molecule has 10 aliphatic rings. The van der Waals surface area contributed by atoms with Crippen molar-refractivity contribution in [3.05, 3.63) is 0 Å². The van der Waals surface area contributed by atoms with Gasteiger partial charge in [0.2, 0.25) is 0 Å². The molecule has 0 radical (unpaired) electrons. The number of fused-ring (bicyclic) bond motifs is 1. The lowest BCUT2D eigenvalue weighted by atomic mass is 9.47. The lowest BCUT2D eigenvalue weighted by Gasteiger charge is -2.62. The molecule has 10 fully saturated rings. The standard InChI is InChI=1S/C19H32O2.C18H26O6.C13H24O3.C13H24O2.8CH4/c1-6-18(4,5)17(20)21-19(12(2)3)15-8-13-7-14(10-15)11-16(19)9-13;1-4-18(2,3)17(21)22-9-14(19)24-15-11-5-10-6-12(8-11)16(20)23-13(15)7-10;1-4-13(2,3)12(14)16-10-15-11-8-6-5-7-9-11;1-5-12(3,4)11(14)15-13(6-2)9-7-8-10-13;;;;;;;;/h12-16H,6-11H2,1-5H3;10-13,15H,4-9H2,1-3H3;11H,4-10H2,1-3H3;5-10H2,1-4H3;8*1H4. The molecule has 0 amide bonds. The van der Waals surface area contributed by atoms with E-state index in [9.17, 15) is 28.8 Å². The van der Waals surface area contributed by atoms with E-state index in [1.54, 1.807) is 13.8 Å². The summed E-state index contributed by atoms with van der Waals surface area (Å²) in [4.78, 5) is 72.5. The monoisotopic (exact) mass is 1200 g/mol. The van der Waals surface area contributed by atoms with E-state index in [0.717, 1.165) is 88.9 Å². The number of hydrogen-bond donors (Lipinski definition) is 0. The summed E-state index contributed by atoms with van der Waals surface area (Å²) in [5, 5.41) is 0. The maximum Gasteiger partial charge on any atom is 0.344 e. The fourth-order valence-corrected chi connectivity index (χ4v) is 13.5. The summed E-state index contributed by atoms with van der Waals surface area (Å²) in [6.45, 7) is 29.7. The summed E-state index contributed by atoms with van der Waals surface area (Å²) in [7, 11) is 0. The molecular formula is C71H138O13. The lowest BCUT2D eigenvalue weighted by molar-refractivity contribution is -0.231. The van der Waals surface area contributed by atoms with Gasteiger partial charge in [-0.15, -0.1) is 0 Å². The van der Waals surface area contributed by atoms with Crippen LogP contribution in [0, 0.1) is 69.0 Å². The van der Waals surface area contributed by atoms with Crippen molar-refractivity contribution in [3.63, 3.8) is 0 Å². The van der Waals surface area contributed by atoms with Gasteiger partial charge in [-0.3, -0.25) is 24.0 Å². The van der Waals surface area contributed by atoms with E-state index in [0.29, 0.717) is 36.2 Å². The minimum atomic E-state index is -0.615. The third-order valence-electron chi connectivity index (χ3n) is 20.3. The fraction of sp³-hybridized carbons (Fsp3) is 0.915. The van der Waals surface area contributed by atoms with Gasteiger partial charge in [0.15, 0.2) is 13.4 Å². The van der Waals surface area contributed by atoms with Crippen LogP contribution < -0.4 is 0 Å². The first kappa shape index (κ1) is 87.2. The highest BCUT2D eigenvalue weighted by Gasteiger charge is 2.61. The summed E-state index contributed by atoms with van der Waals surface area (Å²) in [5.41, 5.74) is -1.99. The van der Waals surface area contributed by atoms with Crippen LogP contribution in [0.25, 0.3) is 0 Å². The normalized spacial score (nSPS) is 27.4. The number of ether oxygens (including phenoxy) is 7. The summed E-state index contributed by atoms with van der Waals surface area (Å²) < 4.78 is 39.0. The average Bonchev–Trinajstić information content (AvgIpc) is 2.84. The molecule has 500 valence electrons. The zero-order valence-corrected chi connectivity index (χ0v) is 50.3. The first-order valence-electron chi connectivity index (χ1n) is 30.4. The molecule has 8 aliphatic carbocycles. The Morgan fingerprint density at radius 2 is 0.976 bits per heavy atom. The molecule has 13 nitrogen and oxygen atoms in total. The van der Waals surface area contributed by atoms with Gasteiger partial charge in [-0.1, -0.05) is 127 Å². The van der Waals surface area contributed by atoms with E-state index in [1.165, 1.54) is 64.2 Å². The van der Waals surface area contributed by atoms with Gasteiger partial charge in [-0.2, -0.15) is 0 Å². The van der Waals surface area contributed by atoms with Crippen LogP contribution in [0.15, 0.2) is 0 Å². The highest BCUT2D eigenvalue weighted by molar-refractivity contribution is 5.80. The molecule has 2 heterocycles. The molecule has 13 heteroatoms. The summed E-state index contributed by atoms with van der Waals surface area (Å²) in [6, 6.07) is 0. The van der Waals surface area contributed by atoms with Gasteiger partial charge in [-0.25, -0.2) is 4.79 Å². The largest absolute Gasteiger partial charge is 0.459 e. The molecule has 0 aromatic rings. The Labute approximate surface area is 518 Å². The van der Waals surface area contributed by atoms with Crippen molar-refractivity contribution in [2.24, 2.45) is 69.0 Å². The molecule has 2 aliphatic heterocycles. The Morgan fingerprint density at radius 3 is 1.43 bits per heavy atom. The van der Waals surface area contributed by atoms with Crippen molar-refractivity contribution < 1.29 is 61.9 Å². The Balaban J connectivity index is -0.000000500. The Bertz CT molecular complexity index is 1910. The Hall–Kier alpha value is -3.22. The second-order valence-corrected chi connectivity index (χ2v) is 27.5. The van der Waals surface area contributed by atoms with Gasteiger partial charge in [0.05, 0.1) is 33.7 Å². The van der Waals surface area contributed by atoms with E-state index in [2.05, 4.69) is 27.7 Å². The second kappa shape index (κ2) is 36.9. The molecule has 2 saturated heterocycles. The van der Waals surface area contributed by atoms with Crippen molar-refractivity contribution in [3.8, 4) is 0 Å². The van der Waals surface area contributed by atoms with Crippen LogP contribution in [0.1, 0.15) is 311 Å². The number of esters is 6. The smallest absolute Gasteiger partial charge is 0.344 e. The SMILES string of the molecule is C.C.C.C.C.C.C.C.CCC(C)(C)C(=O)OC1(C(C)C)C2CC3CC(C2)CC1C3.CCC(C)(C)C(=O)OCC(=O)OC1C2CC3CC(C2)C(=O)OC1C3.CCC(C)(C)C(=O)OCOC1CCCCC1.CCC1(OC(=O)C(C)(C)CC)CCCC1. The predicted octanol–water partition coefficient (Wildman–Crippen LogP) is 19.1. The van der Waals surface area contributed by atoms with E-state index >= 15 is 0 Å². The van der Waals surface area contributed by atoms with Crippen LogP contribution >= 0.6 is 0 Å². The van der Waals surface area contributed by atoms with Crippen molar-refractivity contribution in [1.29, 1.82) is 0 Å². The molecule has 5 atom stereocenters. The summed E-state index contributed by atoms with van der Waals surface area (Å²) >= 11 is 0. The van der Waals surface area contributed by atoms with Gasteiger partial charge >= 0.3 is 35.8 Å². The van der Waals surface area contributed by atoms with Crippen LogP contribution in [-0.4, -0.2) is 78.7 Å². The fourth-order valence-electron chi connectivity index (χ4n) is 13.5. The number of rotatable bonds is 18. The van der Waals surface area contributed by atoms with E-state index in [1.807, 2.05) is 62.3 Å². The highest BCUT2D eigenvalue weighted by atomic mass is 16.7. The third kappa shape index (κ3) is 21.8. The van der Waals surface area contributed by atoms with Crippen LogP contribution in [0.3, 0.4) is 0 Å². The Morgan fingerprint density at radius 1 is 0.536 bits per heavy atom. The first-order valence-corrected chi connectivity index (χ1v) is 30.4. The molecule has 8 saturated carbocycles. The van der Waals surface area contributed by atoms with Crippen LogP contribution in [0.5, 0.6) is 0 Å². The molecular weight excluding hydrogens is 1060 g/mol. The third-order valence-corrected chi connectivity index (χ3v) is 20.3. The van der Waals surface area contributed by atoms with Crippen molar-refractivity contribution in [1.82, 2.24) is 0 Å². The molecule has 0 spiro atoms. The summed E-state index contributed by atoms with van der Waals surface area (Å²) in [6.07, 6.45) is 24.1. The minimum Gasteiger partial charge on any atom is -0.459 e. The van der Waals surface area contributed by atoms with Gasteiger partial charge in [0, 0.05) is 5.92 Å². The number of carbonyl (C=O) groups excluding carboxylic acids is 6. The molecule has 0 aromatic carbocycles. The average molecular weight is 1200 g/mol. The topological polar surface area (TPSA) is 167 Å². The van der Waals surface area contributed by atoms with E-state index in [-0.39, 0.29) is 137 Å². The molecule has 84 heavy (non-hydrogen) atoms. The van der Waals surface area contributed by atoms with Crippen molar-refractivity contribution in [2.75, 3.05) is 13.4 Å². The van der Waals surface area contributed by atoms with Gasteiger partial charge in [0.1, 0.15) is 23.4 Å². The van der Waals surface area contributed by atoms with Crippen molar-refractivity contribution in [2.45, 2.75) is 340 Å². The van der Waals surface area contributed by atoms with E-state index < -0.39 is 28.9 Å². The quantitative estimate of drug-likeness (QED) is 0.0723. The predicted molar refractivity (Wildman–Crippen MR) is 347 cm³/mol. The highest BCUT2D eigenvalue weighted by Crippen LogP contribution is 2.62.